The number of anilines is 1. The van der Waals surface area contributed by atoms with Gasteiger partial charge in [0.2, 0.25) is 0 Å². The van der Waals surface area contributed by atoms with Crippen LogP contribution < -0.4 is 11.3 Å². The summed E-state index contributed by atoms with van der Waals surface area (Å²) in [5, 5.41) is 0. The van der Waals surface area contributed by atoms with Crippen molar-refractivity contribution in [2.45, 2.75) is 13.3 Å². The molecule has 1 saturated carbocycles. The molecule has 92 valence electrons. The lowest BCUT2D eigenvalue weighted by atomic mass is 10.2. The fourth-order valence-electron chi connectivity index (χ4n) is 1.91. The lowest BCUT2D eigenvalue weighted by Gasteiger charge is -2.16. The summed E-state index contributed by atoms with van der Waals surface area (Å²) >= 11 is 0. The van der Waals surface area contributed by atoms with E-state index in [-0.39, 0.29) is 5.91 Å². The lowest BCUT2D eigenvalue weighted by Crippen LogP contribution is -2.29. The van der Waals surface area contributed by atoms with E-state index >= 15 is 0 Å². The van der Waals surface area contributed by atoms with Crippen LogP contribution in [-0.4, -0.2) is 29.4 Å². The number of hydrazine groups is 1. The van der Waals surface area contributed by atoms with Gasteiger partial charge in [0.15, 0.2) is 0 Å². The van der Waals surface area contributed by atoms with Crippen LogP contribution in [0.5, 0.6) is 0 Å². The second-order valence-corrected chi connectivity index (χ2v) is 4.74. The van der Waals surface area contributed by atoms with Crippen LogP contribution in [0.25, 0.3) is 0 Å². The first-order valence-corrected chi connectivity index (χ1v) is 5.80. The second-order valence-electron chi connectivity index (χ2n) is 4.74. The molecule has 1 amide bonds. The average molecular weight is 234 g/mol. The zero-order valence-corrected chi connectivity index (χ0v) is 10.2. The van der Waals surface area contributed by atoms with Crippen molar-refractivity contribution in [1.29, 1.82) is 0 Å². The molecule has 0 aliphatic heterocycles. The van der Waals surface area contributed by atoms with Crippen molar-refractivity contribution in [2.24, 2.45) is 17.7 Å². The zero-order valence-electron chi connectivity index (χ0n) is 10.2. The summed E-state index contributed by atoms with van der Waals surface area (Å²) in [5.74, 6) is 7.21. The average Bonchev–Trinajstić information content (AvgIpc) is 3.04. The number of pyridine rings is 1. The fourth-order valence-corrected chi connectivity index (χ4v) is 1.91. The molecule has 17 heavy (non-hydrogen) atoms. The Bertz CT molecular complexity index is 403. The molecule has 1 heterocycles. The van der Waals surface area contributed by atoms with Crippen LogP contribution in [0, 0.1) is 11.8 Å². The Kier molecular flexibility index (Phi) is 3.28. The van der Waals surface area contributed by atoms with Crippen LogP contribution in [0.3, 0.4) is 0 Å². The predicted octanol–water partition coefficient (Wildman–Crippen LogP) is 1.10. The van der Waals surface area contributed by atoms with Gasteiger partial charge >= 0.3 is 0 Å². The van der Waals surface area contributed by atoms with Crippen LogP contribution in [0.4, 0.5) is 5.82 Å². The molecule has 1 aliphatic rings. The second kappa shape index (κ2) is 4.71. The molecule has 2 atom stereocenters. The Morgan fingerprint density at radius 3 is 2.82 bits per heavy atom. The van der Waals surface area contributed by atoms with E-state index in [0.717, 1.165) is 12.5 Å². The molecule has 2 rings (SSSR count). The van der Waals surface area contributed by atoms with Gasteiger partial charge in [-0.15, -0.1) is 0 Å². The van der Waals surface area contributed by atoms with E-state index in [1.165, 1.54) is 6.42 Å². The fraction of sp³-hybridized carbons (Fsp3) is 0.500. The van der Waals surface area contributed by atoms with Crippen molar-refractivity contribution < 1.29 is 4.79 Å². The molecule has 5 nitrogen and oxygen atoms in total. The summed E-state index contributed by atoms with van der Waals surface area (Å²) in [4.78, 5) is 17.8. The quantitative estimate of drug-likeness (QED) is 0.604. The van der Waals surface area contributed by atoms with Crippen molar-refractivity contribution in [3.8, 4) is 0 Å². The minimum Gasteiger partial charge on any atom is -0.341 e. The maximum atomic E-state index is 12.0. The summed E-state index contributed by atoms with van der Waals surface area (Å²) in [6.45, 7) is 3.04. The van der Waals surface area contributed by atoms with Crippen molar-refractivity contribution >= 4 is 11.7 Å². The van der Waals surface area contributed by atoms with E-state index < -0.39 is 0 Å². The van der Waals surface area contributed by atoms with Crippen molar-refractivity contribution in [2.75, 3.05) is 19.0 Å². The first kappa shape index (κ1) is 11.9. The first-order valence-electron chi connectivity index (χ1n) is 5.80. The van der Waals surface area contributed by atoms with Gasteiger partial charge in [0.25, 0.3) is 5.91 Å². The highest BCUT2D eigenvalue weighted by Gasteiger charge is 2.34. The highest BCUT2D eigenvalue weighted by Crippen LogP contribution is 2.38. The Hall–Kier alpha value is -1.62. The molecule has 0 spiro atoms. The molecule has 1 aromatic rings. The molecule has 0 aromatic carbocycles. The normalized spacial score (nSPS) is 22.1. The standard InChI is InChI=1S/C12H18N4O/c1-8-5-10(8)7-16(2)12(17)9-3-4-11(15-13)14-6-9/h3-4,6,8,10H,5,7,13H2,1-2H3,(H,14,15). The SMILES string of the molecule is CC1CC1CN(C)C(=O)c1ccc(NN)nc1. The van der Waals surface area contributed by atoms with Gasteiger partial charge in [-0.1, -0.05) is 6.92 Å². The van der Waals surface area contributed by atoms with Gasteiger partial charge in [0, 0.05) is 19.8 Å². The molecule has 1 aromatic heterocycles. The number of aromatic nitrogens is 1. The van der Waals surface area contributed by atoms with Crippen molar-refractivity contribution in [3.05, 3.63) is 23.9 Å². The van der Waals surface area contributed by atoms with Crippen molar-refractivity contribution in [3.63, 3.8) is 0 Å². The van der Waals surface area contributed by atoms with E-state index in [1.54, 1.807) is 23.2 Å². The minimum atomic E-state index is 0.0140. The molecule has 0 saturated heterocycles. The zero-order chi connectivity index (χ0) is 12.4. The summed E-state index contributed by atoms with van der Waals surface area (Å²) in [6, 6.07) is 3.43. The van der Waals surface area contributed by atoms with Gasteiger partial charge in [0.1, 0.15) is 5.82 Å². The van der Waals surface area contributed by atoms with Crippen molar-refractivity contribution in [1.82, 2.24) is 9.88 Å². The number of nitrogens with zero attached hydrogens (tertiary/aromatic N) is 2. The molecule has 1 fully saturated rings. The van der Waals surface area contributed by atoms with E-state index in [4.69, 9.17) is 5.84 Å². The summed E-state index contributed by atoms with van der Waals surface area (Å²) in [5.41, 5.74) is 3.03. The van der Waals surface area contributed by atoms with E-state index in [0.29, 0.717) is 17.3 Å². The molecule has 1 aliphatic carbocycles. The van der Waals surface area contributed by atoms with Crippen LogP contribution >= 0.6 is 0 Å². The Balaban J connectivity index is 1.97. The van der Waals surface area contributed by atoms with E-state index in [2.05, 4.69) is 17.3 Å². The van der Waals surface area contributed by atoms with Gasteiger partial charge < -0.3 is 10.3 Å². The summed E-state index contributed by atoms with van der Waals surface area (Å²) < 4.78 is 0. The van der Waals surface area contributed by atoms with Crippen LogP contribution in [-0.2, 0) is 0 Å². The number of hydrogen-bond donors (Lipinski definition) is 2. The Labute approximate surface area is 101 Å². The topological polar surface area (TPSA) is 71.2 Å². The van der Waals surface area contributed by atoms with Gasteiger partial charge in [-0.2, -0.15) is 0 Å². The van der Waals surface area contributed by atoms with Gasteiger partial charge in [-0.25, -0.2) is 10.8 Å². The highest BCUT2D eigenvalue weighted by molar-refractivity contribution is 5.93. The van der Waals surface area contributed by atoms with Crippen LogP contribution in [0.15, 0.2) is 18.3 Å². The molecule has 0 bridgehead atoms. The number of carbonyl (C=O) groups is 1. The largest absolute Gasteiger partial charge is 0.341 e. The number of nitrogens with one attached hydrogen (secondary N) is 1. The first-order chi connectivity index (χ1) is 8.11. The maximum Gasteiger partial charge on any atom is 0.255 e. The maximum absolute atomic E-state index is 12.0. The smallest absolute Gasteiger partial charge is 0.255 e. The summed E-state index contributed by atoms with van der Waals surface area (Å²) in [7, 11) is 1.84. The molecule has 5 heteroatoms. The van der Waals surface area contributed by atoms with Gasteiger partial charge in [-0.05, 0) is 30.4 Å². The minimum absolute atomic E-state index is 0.0140. The Morgan fingerprint density at radius 2 is 2.35 bits per heavy atom. The van der Waals surface area contributed by atoms with Crippen LogP contribution in [0.1, 0.15) is 23.7 Å². The third-order valence-electron chi connectivity index (χ3n) is 3.29. The highest BCUT2D eigenvalue weighted by atomic mass is 16.2. The lowest BCUT2D eigenvalue weighted by molar-refractivity contribution is 0.0786. The molecule has 3 N–H and O–H groups in total. The van der Waals surface area contributed by atoms with Gasteiger partial charge in [0.05, 0.1) is 5.56 Å². The van der Waals surface area contributed by atoms with E-state index in [1.807, 2.05) is 7.05 Å². The predicted molar refractivity (Wildman–Crippen MR) is 66.3 cm³/mol. The summed E-state index contributed by atoms with van der Waals surface area (Å²) in [6.07, 6.45) is 2.77. The third kappa shape index (κ3) is 2.74. The molecular formula is C12H18N4O. The van der Waals surface area contributed by atoms with E-state index in [9.17, 15) is 4.79 Å². The molecule has 0 radical (unpaired) electrons. The third-order valence-corrected chi connectivity index (χ3v) is 3.29. The number of nitrogens with two attached hydrogens (primary N) is 1. The van der Waals surface area contributed by atoms with Crippen LogP contribution in [0.2, 0.25) is 0 Å². The molecule has 2 unspecified atom stereocenters. The number of hydrogen-bond acceptors (Lipinski definition) is 4. The number of carbonyl (C=O) groups excluding carboxylic acids is 1. The molecular weight excluding hydrogens is 216 g/mol. The number of amides is 1. The number of nitrogen functional groups attached to an aromatic ring is 1. The van der Waals surface area contributed by atoms with Gasteiger partial charge in [-0.3, -0.25) is 4.79 Å². The monoisotopic (exact) mass is 234 g/mol. The Morgan fingerprint density at radius 1 is 1.65 bits per heavy atom. The number of rotatable bonds is 4.